The van der Waals surface area contributed by atoms with Gasteiger partial charge >= 0.3 is 12.1 Å². The minimum atomic E-state index is -4.69. The molecule has 13 heteroatoms. The number of ether oxygens (including phenoxy) is 2. The second-order valence-corrected chi connectivity index (χ2v) is 7.45. The maximum absolute atomic E-state index is 14.3. The van der Waals surface area contributed by atoms with Gasteiger partial charge in [0.1, 0.15) is 11.4 Å². The molecule has 9 nitrogen and oxygen atoms in total. The molecule has 3 heterocycles. The minimum absolute atomic E-state index is 0.0141. The number of benzene rings is 1. The Labute approximate surface area is 201 Å². The van der Waals surface area contributed by atoms with Crippen LogP contribution >= 0.6 is 0 Å². The first kappa shape index (κ1) is 24.6. The third kappa shape index (κ3) is 4.94. The van der Waals surface area contributed by atoms with Crippen LogP contribution in [0, 0.1) is 12.7 Å². The molecule has 0 saturated carbocycles. The molecule has 1 N–H and O–H groups in total. The van der Waals surface area contributed by atoms with Gasteiger partial charge in [-0.05, 0) is 36.8 Å². The molecule has 4 rings (SSSR count). The first-order valence-electron chi connectivity index (χ1n) is 10.3. The highest BCUT2D eigenvalue weighted by Crippen LogP contribution is 2.32. The number of aryl methyl sites for hydroxylation is 1. The van der Waals surface area contributed by atoms with E-state index in [-0.39, 0.29) is 40.0 Å². The molecule has 0 fully saturated rings. The molecule has 3 aromatic heterocycles. The van der Waals surface area contributed by atoms with Gasteiger partial charge in [0.15, 0.2) is 11.5 Å². The summed E-state index contributed by atoms with van der Waals surface area (Å²) in [6.07, 6.45) is -0.999. The summed E-state index contributed by atoms with van der Waals surface area (Å²) in [5.74, 6) is -1.51. The summed E-state index contributed by atoms with van der Waals surface area (Å²) in [4.78, 5) is 24.7. The number of halogens is 4. The fourth-order valence-corrected chi connectivity index (χ4v) is 3.28. The van der Waals surface area contributed by atoms with Gasteiger partial charge in [-0.25, -0.2) is 23.8 Å². The molecule has 36 heavy (non-hydrogen) atoms. The second-order valence-electron chi connectivity index (χ2n) is 7.45. The number of methoxy groups -OCH3 is 2. The predicted molar refractivity (Wildman–Crippen MR) is 120 cm³/mol. The second kappa shape index (κ2) is 9.60. The van der Waals surface area contributed by atoms with Crippen molar-refractivity contribution in [3.63, 3.8) is 0 Å². The van der Waals surface area contributed by atoms with Crippen molar-refractivity contribution in [1.82, 2.24) is 24.7 Å². The van der Waals surface area contributed by atoms with Crippen molar-refractivity contribution in [3.8, 4) is 22.8 Å². The predicted octanol–water partition coefficient (Wildman–Crippen LogP) is 4.73. The van der Waals surface area contributed by atoms with Crippen LogP contribution in [-0.2, 0) is 10.9 Å². The summed E-state index contributed by atoms with van der Waals surface area (Å²) >= 11 is 0. The number of hydrogen-bond donors (Lipinski definition) is 1. The number of hydrogen-bond acceptors (Lipinski definition) is 8. The maximum Gasteiger partial charge on any atom is 0.435 e. The lowest BCUT2D eigenvalue weighted by molar-refractivity contribution is -0.141. The number of esters is 1. The topological polar surface area (TPSA) is 104 Å². The number of rotatable bonds is 6. The standard InChI is InChI=1S/C23H18F4N6O3/c1-12-4-5-16(24)17(8-12)30-22-29-11-15(13-9-14(21(34)36-3)20(35-2)28-10-13)19(31-22)33-7-6-18(32-33)23(25,26)27/h4-11H,1-3H3,(H,29,30,31). The molecular formula is C23H18F4N6O3. The van der Waals surface area contributed by atoms with Gasteiger partial charge in [0, 0.05) is 29.7 Å². The van der Waals surface area contributed by atoms with Gasteiger partial charge in [-0.1, -0.05) is 6.07 Å². The molecule has 4 aromatic rings. The Kier molecular flexibility index (Phi) is 6.55. The van der Waals surface area contributed by atoms with Gasteiger partial charge in [-0.15, -0.1) is 0 Å². The van der Waals surface area contributed by atoms with Gasteiger partial charge in [0.25, 0.3) is 0 Å². The lowest BCUT2D eigenvalue weighted by Crippen LogP contribution is -2.10. The summed E-state index contributed by atoms with van der Waals surface area (Å²) in [6, 6.07) is 6.52. The summed E-state index contributed by atoms with van der Waals surface area (Å²) in [5, 5.41) is 6.31. The van der Waals surface area contributed by atoms with Crippen molar-refractivity contribution in [2.24, 2.45) is 0 Å². The fourth-order valence-electron chi connectivity index (χ4n) is 3.28. The van der Waals surface area contributed by atoms with E-state index in [9.17, 15) is 22.4 Å². The number of nitrogens with one attached hydrogen (secondary N) is 1. The molecule has 0 amide bonds. The lowest BCUT2D eigenvalue weighted by atomic mass is 10.1. The average Bonchev–Trinajstić information content (AvgIpc) is 3.36. The Bertz CT molecular complexity index is 1440. The van der Waals surface area contributed by atoms with E-state index in [1.54, 1.807) is 13.0 Å². The normalized spacial score (nSPS) is 11.3. The number of carbonyl (C=O) groups excluding carboxylic acids is 1. The highest BCUT2D eigenvalue weighted by atomic mass is 19.4. The van der Waals surface area contributed by atoms with E-state index in [1.807, 2.05) is 0 Å². The van der Waals surface area contributed by atoms with Crippen LogP contribution in [0.2, 0.25) is 0 Å². The quantitative estimate of drug-likeness (QED) is 0.298. The number of aromatic nitrogens is 5. The number of alkyl halides is 3. The van der Waals surface area contributed by atoms with Crippen LogP contribution in [0.15, 0.2) is 48.9 Å². The monoisotopic (exact) mass is 502 g/mol. The van der Waals surface area contributed by atoms with Gasteiger partial charge < -0.3 is 14.8 Å². The van der Waals surface area contributed by atoms with E-state index in [0.29, 0.717) is 0 Å². The van der Waals surface area contributed by atoms with Crippen LogP contribution in [0.5, 0.6) is 5.88 Å². The van der Waals surface area contributed by atoms with Gasteiger partial charge in [0.2, 0.25) is 11.8 Å². The van der Waals surface area contributed by atoms with Crippen molar-refractivity contribution in [2.75, 3.05) is 19.5 Å². The number of pyridine rings is 1. The summed E-state index contributed by atoms with van der Waals surface area (Å²) in [6.45, 7) is 1.76. The van der Waals surface area contributed by atoms with Crippen LogP contribution in [0.25, 0.3) is 16.9 Å². The Hall–Kier alpha value is -4.55. The molecule has 0 aliphatic rings. The van der Waals surface area contributed by atoms with Crippen LogP contribution in [0.3, 0.4) is 0 Å². The molecular weight excluding hydrogens is 484 g/mol. The van der Waals surface area contributed by atoms with Gasteiger partial charge in [0.05, 0.1) is 19.9 Å². The molecule has 186 valence electrons. The zero-order valence-corrected chi connectivity index (χ0v) is 19.1. The first-order valence-corrected chi connectivity index (χ1v) is 10.3. The van der Waals surface area contributed by atoms with E-state index in [2.05, 4.69) is 25.4 Å². The number of carbonyl (C=O) groups is 1. The Morgan fingerprint density at radius 3 is 2.53 bits per heavy atom. The highest BCUT2D eigenvalue weighted by Gasteiger charge is 2.34. The highest BCUT2D eigenvalue weighted by molar-refractivity contribution is 5.93. The van der Waals surface area contributed by atoms with Gasteiger partial charge in [-0.3, -0.25) is 0 Å². The Morgan fingerprint density at radius 2 is 1.86 bits per heavy atom. The van der Waals surface area contributed by atoms with Crippen molar-refractivity contribution in [3.05, 3.63) is 71.6 Å². The summed E-state index contributed by atoms with van der Waals surface area (Å²) in [7, 11) is 2.49. The fraction of sp³-hybridized carbons (Fsp3) is 0.174. The number of nitrogens with zero attached hydrogens (tertiary/aromatic N) is 5. The smallest absolute Gasteiger partial charge is 0.435 e. The van der Waals surface area contributed by atoms with Crippen LogP contribution in [0.4, 0.5) is 29.2 Å². The lowest BCUT2D eigenvalue weighted by Gasteiger charge is -2.13. The van der Waals surface area contributed by atoms with Crippen LogP contribution < -0.4 is 10.1 Å². The zero-order valence-electron chi connectivity index (χ0n) is 19.1. The zero-order chi connectivity index (χ0) is 26.0. The molecule has 0 atom stereocenters. The number of anilines is 2. The Morgan fingerprint density at radius 1 is 1.08 bits per heavy atom. The van der Waals surface area contributed by atoms with Crippen molar-refractivity contribution in [1.29, 1.82) is 0 Å². The van der Waals surface area contributed by atoms with E-state index in [4.69, 9.17) is 9.47 Å². The average molecular weight is 502 g/mol. The summed E-state index contributed by atoms with van der Waals surface area (Å²) < 4.78 is 64.7. The maximum atomic E-state index is 14.3. The van der Waals surface area contributed by atoms with Crippen molar-refractivity contribution >= 4 is 17.6 Å². The minimum Gasteiger partial charge on any atom is -0.480 e. The van der Waals surface area contributed by atoms with Crippen molar-refractivity contribution in [2.45, 2.75) is 13.1 Å². The van der Waals surface area contributed by atoms with E-state index in [1.165, 1.54) is 44.8 Å². The van der Waals surface area contributed by atoms with Crippen LogP contribution in [-0.4, -0.2) is 44.9 Å². The molecule has 0 unspecified atom stereocenters. The molecule has 0 spiro atoms. The molecule has 0 aliphatic carbocycles. The molecule has 0 saturated heterocycles. The molecule has 0 radical (unpaired) electrons. The SMILES string of the molecule is COC(=O)c1cc(-c2cnc(Nc3cc(C)ccc3F)nc2-n2ccc(C(F)(F)F)n2)cnc1OC. The van der Waals surface area contributed by atoms with Gasteiger partial charge in [-0.2, -0.15) is 23.3 Å². The first-order chi connectivity index (χ1) is 17.1. The van der Waals surface area contributed by atoms with E-state index >= 15 is 0 Å². The summed E-state index contributed by atoms with van der Waals surface area (Å²) in [5.41, 5.74) is 0.116. The molecule has 0 bridgehead atoms. The third-order valence-corrected chi connectivity index (χ3v) is 4.99. The van der Waals surface area contributed by atoms with Crippen LogP contribution in [0.1, 0.15) is 21.6 Å². The largest absolute Gasteiger partial charge is 0.480 e. The van der Waals surface area contributed by atoms with E-state index < -0.39 is 23.7 Å². The van der Waals surface area contributed by atoms with Crippen molar-refractivity contribution < 1.29 is 31.8 Å². The van der Waals surface area contributed by atoms with E-state index in [0.717, 1.165) is 22.5 Å². The molecule has 1 aromatic carbocycles. The third-order valence-electron chi connectivity index (χ3n) is 4.99. The Balaban J connectivity index is 1.87. The molecule has 0 aliphatic heterocycles.